The molecule has 0 spiro atoms. The van der Waals surface area contributed by atoms with E-state index in [2.05, 4.69) is 11.4 Å². The molecule has 4 heteroatoms. The van der Waals surface area contributed by atoms with Gasteiger partial charge in [0.25, 0.3) is 0 Å². The van der Waals surface area contributed by atoms with Crippen molar-refractivity contribution in [2.45, 2.75) is 58.7 Å². The number of carbonyl (C=O) groups is 2. The number of aryl methyl sites for hydroxylation is 2. The maximum atomic E-state index is 13.6. The minimum absolute atomic E-state index is 0.00369. The Hall–Kier alpha value is -3.40. The van der Waals surface area contributed by atoms with E-state index in [9.17, 15) is 9.59 Å². The molecule has 0 aliphatic rings. The van der Waals surface area contributed by atoms with Gasteiger partial charge in [-0.2, -0.15) is 0 Å². The molecule has 0 aromatic heterocycles. The third-order valence-electron chi connectivity index (χ3n) is 5.61. The molecule has 0 heterocycles. The maximum absolute atomic E-state index is 13.6. The number of hydrogen-bond donors (Lipinski definition) is 1. The molecule has 0 saturated heterocycles. The number of nitrogens with one attached hydrogen (secondary N) is 1. The minimum atomic E-state index is -0.585. The lowest BCUT2D eigenvalue weighted by atomic mass is 10.0. The number of hydrogen-bond acceptors (Lipinski definition) is 2. The highest BCUT2D eigenvalue weighted by molar-refractivity contribution is 5.88. The predicted octanol–water partition coefficient (Wildman–Crippen LogP) is 5.09. The lowest BCUT2D eigenvalue weighted by molar-refractivity contribution is -0.141. The largest absolute Gasteiger partial charge is 0.352 e. The third-order valence-corrected chi connectivity index (χ3v) is 5.61. The van der Waals surface area contributed by atoms with Gasteiger partial charge in [-0.3, -0.25) is 9.59 Å². The Bertz CT molecular complexity index is 1030. The van der Waals surface area contributed by atoms with Crippen LogP contribution in [-0.4, -0.2) is 28.8 Å². The molecule has 1 atom stereocenters. The van der Waals surface area contributed by atoms with Crippen molar-refractivity contribution < 1.29 is 9.59 Å². The number of benzene rings is 3. The summed E-state index contributed by atoms with van der Waals surface area (Å²) in [6.45, 7) is 6.33. The average molecular weight is 443 g/mol. The first-order valence-corrected chi connectivity index (χ1v) is 11.7. The zero-order valence-electron chi connectivity index (χ0n) is 19.8. The van der Waals surface area contributed by atoms with Gasteiger partial charge in [0.1, 0.15) is 6.04 Å². The van der Waals surface area contributed by atoms with E-state index in [4.69, 9.17) is 0 Å². The molecule has 0 bridgehead atoms. The van der Waals surface area contributed by atoms with Gasteiger partial charge in [-0.1, -0.05) is 90.5 Å². The van der Waals surface area contributed by atoms with Crippen molar-refractivity contribution in [3.8, 4) is 0 Å². The molecule has 1 N–H and O–H groups in total. The van der Waals surface area contributed by atoms with Crippen LogP contribution in [0, 0.1) is 6.92 Å². The summed E-state index contributed by atoms with van der Waals surface area (Å²) in [5.41, 5.74) is 4.31. The molecule has 33 heavy (non-hydrogen) atoms. The zero-order valence-corrected chi connectivity index (χ0v) is 19.8. The molecule has 0 unspecified atom stereocenters. The fourth-order valence-corrected chi connectivity index (χ4v) is 3.98. The van der Waals surface area contributed by atoms with Crippen LogP contribution in [0.5, 0.6) is 0 Å². The Morgan fingerprint density at radius 2 is 1.42 bits per heavy atom. The van der Waals surface area contributed by atoms with Gasteiger partial charge in [-0.15, -0.1) is 0 Å². The van der Waals surface area contributed by atoms with E-state index < -0.39 is 6.04 Å². The summed E-state index contributed by atoms with van der Waals surface area (Å²) in [6, 6.07) is 27.5. The lowest BCUT2D eigenvalue weighted by Crippen LogP contribution is -2.51. The summed E-state index contributed by atoms with van der Waals surface area (Å²) >= 11 is 0. The average Bonchev–Trinajstić information content (AvgIpc) is 2.80. The number of carbonyl (C=O) groups excluding carboxylic acids is 2. The van der Waals surface area contributed by atoms with Gasteiger partial charge in [0.05, 0.1) is 0 Å². The van der Waals surface area contributed by atoms with Crippen LogP contribution in [0.4, 0.5) is 0 Å². The fourth-order valence-electron chi connectivity index (χ4n) is 3.98. The first-order chi connectivity index (χ1) is 15.9. The van der Waals surface area contributed by atoms with Crippen molar-refractivity contribution in [3.05, 3.63) is 107 Å². The van der Waals surface area contributed by atoms with E-state index >= 15 is 0 Å². The van der Waals surface area contributed by atoms with E-state index in [1.54, 1.807) is 4.90 Å². The van der Waals surface area contributed by atoms with Crippen molar-refractivity contribution in [1.82, 2.24) is 10.2 Å². The Kier molecular flexibility index (Phi) is 8.82. The van der Waals surface area contributed by atoms with Crippen molar-refractivity contribution in [3.63, 3.8) is 0 Å². The molecule has 3 aromatic carbocycles. The molecule has 172 valence electrons. The topological polar surface area (TPSA) is 49.4 Å². The summed E-state index contributed by atoms with van der Waals surface area (Å²) in [6.07, 6.45) is 1.48. The third kappa shape index (κ3) is 7.60. The second kappa shape index (κ2) is 12.0. The summed E-state index contributed by atoms with van der Waals surface area (Å²) in [7, 11) is 0. The van der Waals surface area contributed by atoms with Crippen molar-refractivity contribution >= 4 is 11.8 Å². The molecule has 3 rings (SSSR count). The number of rotatable bonds is 10. The Balaban J connectivity index is 1.90. The maximum Gasteiger partial charge on any atom is 0.243 e. The van der Waals surface area contributed by atoms with Crippen LogP contribution in [0.2, 0.25) is 0 Å². The van der Waals surface area contributed by atoms with Gasteiger partial charge in [-0.05, 0) is 43.9 Å². The van der Waals surface area contributed by atoms with Crippen LogP contribution < -0.4 is 5.32 Å². The van der Waals surface area contributed by atoms with E-state index in [0.29, 0.717) is 25.8 Å². The van der Waals surface area contributed by atoms with E-state index in [0.717, 1.165) is 22.3 Å². The van der Waals surface area contributed by atoms with Gasteiger partial charge in [-0.25, -0.2) is 0 Å². The molecule has 0 saturated carbocycles. The number of nitrogens with zero attached hydrogens (tertiary/aromatic N) is 1. The molecular formula is C29H34N2O2. The Morgan fingerprint density at radius 1 is 0.818 bits per heavy atom. The minimum Gasteiger partial charge on any atom is -0.352 e. The predicted molar refractivity (Wildman–Crippen MR) is 134 cm³/mol. The molecule has 0 aliphatic heterocycles. The van der Waals surface area contributed by atoms with Crippen LogP contribution in [-0.2, 0) is 29.0 Å². The smallest absolute Gasteiger partial charge is 0.243 e. The second-order valence-corrected chi connectivity index (χ2v) is 8.87. The summed E-state index contributed by atoms with van der Waals surface area (Å²) in [4.78, 5) is 28.7. The second-order valence-electron chi connectivity index (χ2n) is 8.87. The van der Waals surface area contributed by atoms with Crippen LogP contribution >= 0.6 is 0 Å². The van der Waals surface area contributed by atoms with Crippen molar-refractivity contribution in [2.24, 2.45) is 0 Å². The normalized spacial score (nSPS) is 11.8. The fraction of sp³-hybridized carbons (Fsp3) is 0.310. The first kappa shape index (κ1) is 24.2. The molecule has 0 radical (unpaired) electrons. The van der Waals surface area contributed by atoms with Gasteiger partial charge < -0.3 is 10.2 Å². The first-order valence-electron chi connectivity index (χ1n) is 11.7. The van der Waals surface area contributed by atoms with Crippen LogP contribution in [0.15, 0.2) is 84.9 Å². The summed E-state index contributed by atoms with van der Waals surface area (Å²) < 4.78 is 0. The van der Waals surface area contributed by atoms with Crippen LogP contribution in [0.3, 0.4) is 0 Å². The highest BCUT2D eigenvalue weighted by atomic mass is 16.2. The van der Waals surface area contributed by atoms with E-state index in [-0.39, 0.29) is 17.9 Å². The SMILES string of the molecule is Cc1cccc(CN(C(=O)CCc2ccccc2)[C@H](Cc2ccccc2)C(=O)NC(C)C)c1. The quantitative estimate of drug-likeness (QED) is 0.475. The molecular weight excluding hydrogens is 408 g/mol. The molecule has 0 fully saturated rings. The Morgan fingerprint density at radius 3 is 2.03 bits per heavy atom. The lowest BCUT2D eigenvalue weighted by Gasteiger charge is -2.32. The van der Waals surface area contributed by atoms with Crippen LogP contribution in [0.1, 0.15) is 42.5 Å². The standard InChI is InChI=1S/C29H34N2O2/c1-22(2)30-29(33)27(20-25-14-8-5-9-15-25)31(21-26-16-10-11-23(3)19-26)28(32)18-17-24-12-6-4-7-13-24/h4-16,19,22,27H,17-18,20-21H2,1-3H3,(H,30,33)/t27-/m1/s1. The summed E-state index contributed by atoms with van der Waals surface area (Å²) in [5, 5.41) is 3.04. The van der Waals surface area contributed by atoms with E-state index in [1.165, 1.54) is 0 Å². The molecule has 4 nitrogen and oxygen atoms in total. The van der Waals surface area contributed by atoms with Gasteiger partial charge in [0, 0.05) is 25.4 Å². The zero-order chi connectivity index (χ0) is 23.6. The number of amides is 2. The van der Waals surface area contributed by atoms with Crippen molar-refractivity contribution in [2.75, 3.05) is 0 Å². The van der Waals surface area contributed by atoms with Crippen LogP contribution in [0.25, 0.3) is 0 Å². The molecule has 0 aliphatic carbocycles. The highest BCUT2D eigenvalue weighted by Gasteiger charge is 2.30. The van der Waals surface area contributed by atoms with Gasteiger partial charge >= 0.3 is 0 Å². The van der Waals surface area contributed by atoms with Gasteiger partial charge in [0.15, 0.2) is 0 Å². The Labute approximate surface area is 197 Å². The van der Waals surface area contributed by atoms with E-state index in [1.807, 2.05) is 99.6 Å². The molecule has 2 amide bonds. The molecule has 3 aromatic rings. The highest BCUT2D eigenvalue weighted by Crippen LogP contribution is 2.18. The van der Waals surface area contributed by atoms with Crippen molar-refractivity contribution in [1.29, 1.82) is 0 Å². The van der Waals surface area contributed by atoms with Gasteiger partial charge in [0.2, 0.25) is 11.8 Å². The summed E-state index contributed by atoms with van der Waals surface area (Å²) in [5.74, 6) is -0.130. The monoisotopic (exact) mass is 442 g/mol.